The van der Waals surface area contributed by atoms with Crippen molar-refractivity contribution in [1.29, 1.82) is 0 Å². The predicted octanol–water partition coefficient (Wildman–Crippen LogP) is 2.80. The summed E-state index contributed by atoms with van der Waals surface area (Å²) in [5.74, 6) is -0.662. The first-order valence-corrected chi connectivity index (χ1v) is 7.89. The number of anilines is 2. The number of ether oxygens (including phenoxy) is 1. The minimum absolute atomic E-state index is 0. The van der Waals surface area contributed by atoms with Gasteiger partial charge in [0, 0.05) is 36.6 Å². The largest absolute Gasteiger partial charge is 0.378 e. The van der Waals surface area contributed by atoms with Crippen LogP contribution in [0.4, 0.5) is 15.8 Å². The SMILES string of the molecule is Cl.NCc1ccc(C(=O)Nc2cc(F)cc(N3CCOCC3)c2)cc1. The summed E-state index contributed by atoms with van der Waals surface area (Å²) in [6.07, 6.45) is 0. The van der Waals surface area contributed by atoms with Gasteiger partial charge < -0.3 is 20.7 Å². The highest BCUT2D eigenvalue weighted by molar-refractivity contribution is 6.04. The number of nitrogens with two attached hydrogens (primary N) is 1. The quantitative estimate of drug-likeness (QED) is 0.874. The predicted molar refractivity (Wildman–Crippen MR) is 99.0 cm³/mol. The lowest BCUT2D eigenvalue weighted by molar-refractivity contribution is 0.102. The number of halogens is 2. The summed E-state index contributed by atoms with van der Waals surface area (Å²) in [5.41, 5.74) is 8.18. The zero-order chi connectivity index (χ0) is 16.9. The van der Waals surface area contributed by atoms with Gasteiger partial charge in [-0.3, -0.25) is 4.79 Å². The fourth-order valence-corrected chi connectivity index (χ4v) is 2.65. The number of morpholine rings is 1. The van der Waals surface area contributed by atoms with Crippen LogP contribution in [0.1, 0.15) is 15.9 Å². The number of nitrogens with one attached hydrogen (secondary N) is 1. The van der Waals surface area contributed by atoms with Crippen LogP contribution in [0.15, 0.2) is 42.5 Å². The molecule has 0 atom stereocenters. The van der Waals surface area contributed by atoms with E-state index in [4.69, 9.17) is 10.5 Å². The summed E-state index contributed by atoms with van der Waals surface area (Å²) < 4.78 is 19.2. The topological polar surface area (TPSA) is 67.6 Å². The Morgan fingerprint density at radius 1 is 1.16 bits per heavy atom. The van der Waals surface area contributed by atoms with E-state index in [2.05, 4.69) is 5.32 Å². The maximum Gasteiger partial charge on any atom is 0.255 e. The van der Waals surface area contributed by atoms with Gasteiger partial charge in [-0.2, -0.15) is 0 Å². The second-order valence-corrected chi connectivity index (χ2v) is 5.65. The number of rotatable bonds is 4. The number of hydrogen-bond acceptors (Lipinski definition) is 4. The van der Waals surface area contributed by atoms with Gasteiger partial charge in [-0.25, -0.2) is 4.39 Å². The highest BCUT2D eigenvalue weighted by Gasteiger charge is 2.14. The highest BCUT2D eigenvalue weighted by Crippen LogP contribution is 2.23. The minimum atomic E-state index is -0.382. The molecule has 1 heterocycles. The average Bonchev–Trinajstić information content (AvgIpc) is 2.62. The Bertz CT molecular complexity index is 719. The lowest BCUT2D eigenvalue weighted by atomic mass is 10.1. The van der Waals surface area contributed by atoms with Crippen molar-refractivity contribution < 1.29 is 13.9 Å². The Morgan fingerprint density at radius 3 is 2.48 bits per heavy atom. The molecule has 1 fully saturated rings. The zero-order valence-electron chi connectivity index (χ0n) is 13.7. The van der Waals surface area contributed by atoms with E-state index in [1.165, 1.54) is 12.1 Å². The molecule has 25 heavy (non-hydrogen) atoms. The van der Waals surface area contributed by atoms with Gasteiger partial charge in [0.25, 0.3) is 5.91 Å². The van der Waals surface area contributed by atoms with E-state index < -0.39 is 0 Å². The van der Waals surface area contributed by atoms with Gasteiger partial charge in [0.05, 0.1) is 13.2 Å². The third-order valence-corrected chi connectivity index (χ3v) is 3.97. The summed E-state index contributed by atoms with van der Waals surface area (Å²) in [4.78, 5) is 14.4. The molecule has 7 heteroatoms. The molecule has 3 N–H and O–H groups in total. The Kier molecular flexibility index (Phi) is 6.75. The van der Waals surface area contributed by atoms with E-state index >= 15 is 0 Å². The molecular formula is C18H21ClFN3O2. The molecular weight excluding hydrogens is 345 g/mol. The van der Waals surface area contributed by atoms with Crippen molar-refractivity contribution in [1.82, 2.24) is 0 Å². The van der Waals surface area contributed by atoms with Crippen molar-refractivity contribution in [3.8, 4) is 0 Å². The second-order valence-electron chi connectivity index (χ2n) is 5.65. The first-order chi connectivity index (χ1) is 11.7. The second kappa shape index (κ2) is 8.80. The fourth-order valence-electron chi connectivity index (χ4n) is 2.65. The van der Waals surface area contributed by atoms with Crippen molar-refractivity contribution in [3.63, 3.8) is 0 Å². The molecule has 0 spiro atoms. The molecule has 1 amide bonds. The number of benzene rings is 2. The van der Waals surface area contributed by atoms with Crippen molar-refractivity contribution in [2.24, 2.45) is 5.73 Å². The lowest BCUT2D eigenvalue weighted by Gasteiger charge is -2.29. The van der Waals surface area contributed by atoms with Crippen molar-refractivity contribution >= 4 is 29.7 Å². The highest BCUT2D eigenvalue weighted by atomic mass is 35.5. The zero-order valence-corrected chi connectivity index (χ0v) is 14.5. The molecule has 0 unspecified atom stereocenters. The molecule has 0 aliphatic carbocycles. The summed E-state index contributed by atoms with van der Waals surface area (Å²) in [5, 5.41) is 2.75. The Hall–Kier alpha value is -2.15. The van der Waals surface area contributed by atoms with Gasteiger partial charge >= 0.3 is 0 Å². The molecule has 0 bridgehead atoms. The molecule has 1 saturated heterocycles. The number of amides is 1. The van der Waals surface area contributed by atoms with E-state index in [0.717, 1.165) is 11.3 Å². The average molecular weight is 366 g/mol. The fraction of sp³-hybridized carbons (Fsp3) is 0.278. The maximum absolute atomic E-state index is 13.9. The third kappa shape index (κ3) is 4.92. The summed E-state index contributed by atoms with van der Waals surface area (Å²) in [7, 11) is 0. The first kappa shape index (κ1) is 19.2. The molecule has 3 rings (SSSR count). The van der Waals surface area contributed by atoms with Crippen LogP contribution < -0.4 is 16.0 Å². The Labute approximate surface area is 152 Å². The van der Waals surface area contributed by atoms with Crippen LogP contribution in [-0.2, 0) is 11.3 Å². The normalized spacial score (nSPS) is 13.9. The van der Waals surface area contributed by atoms with Gasteiger partial charge in [0.15, 0.2) is 0 Å². The minimum Gasteiger partial charge on any atom is -0.378 e. The first-order valence-electron chi connectivity index (χ1n) is 7.89. The molecule has 1 aliphatic rings. The van der Waals surface area contributed by atoms with Crippen LogP contribution in [0.25, 0.3) is 0 Å². The number of carbonyl (C=O) groups is 1. The molecule has 0 aromatic heterocycles. The standard InChI is InChI=1S/C18H20FN3O2.ClH/c19-15-9-16(11-17(10-15)22-5-7-24-8-6-22)21-18(23)14-3-1-13(12-20)2-4-14;/h1-4,9-11H,5-8,12,20H2,(H,21,23);1H. The van der Waals surface area contributed by atoms with Crippen molar-refractivity contribution in [3.05, 3.63) is 59.4 Å². The van der Waals surface area contributed by atoms with E-state index in [0.29, 0.717) is 44.1 Å². The summed E-state index contributed by atoms with van der Waals surface area (Å²) in [6, 6.07) is 11.6. The van der Waals surface area contributed by atoms with Gasteiger partial charge in [0.1, 0.15) is 5.82 Å². The molecule has 0 radical (unpaired) electrons. The Balaban J connectivity index is 0.00000225. The third-order valence-electron chi connectivity index (χ3n) is 3.97. The van der Waals surface area contributed by atoms with Crippen molar-refractivity contribution in [2.45, 2.75) is 6.54 Å². The molecule has 0 saturated carbocycles. The summed E-state index contributed by atoms with van der Waals surface area (Å²) in [6.45, 7) is 3.07. The molecule has 1 aliphatic heterocycles. The lowest BCUT2D eigenvalue weighted by Crippen LogP contribution is -2.36. The monoisotopic (exact) mass is 365 g/mol. The van der Waals surface area contributed by atoms with E-state index in [-0.39, 0.29) is 24.1 Å². The van der Waals surface area contributed by atoms with Gasteiger partial charge in [0.2, 0.25) is 0 Å². The maximum atomic E-state index is 13.9. The molecule has 134 valence electrons. The van der Waals surface area contributed by atoms with Crippen LogP contribution in [0.3, 0.4) is 0 Å². The smallest absolute Gasteiger partial charge is 0.255 e. The number of nitrogens with zero attached hydrogens (tertiary/aromatic N) is 1. The molecule has 5 nitrogen and oxygen atoms in total. The molecule has 2 aromatic rings. The van der Waals surface area contributed by atoms with Crippen LogP contribution in [0.2, 0.25) is 0 Å². The van der Waals surface area contributed by atoms with Crippen LogP contribution in [0.5, 0.6) is 0 Å². The van der Waals surface area contributed by atoms with Crippen molar-refractivity contribution in [2.75, 3.05) is 36.5 Å². The van der Waals surface area contributed by atoms with Crippen LogP contribution in [-0.4, -0.2) is 32.2 Å². The number of hydrogen-bond donors (Lipinski definition) is 2. The van der Waals surface area contributed by atoms with Gasteiger partial charge in [-0.1, -0.05) is 12.1 Å². The van der Waals surface area contributed by atoms with E-state index in [9.17, 15) is 9.18 Å². The van der Waals surface area contributed by atoms with Crippen LogP contribution >= 0.6 is 12.4 Å². The molecule has 2 aromatic carbocycles. The van der Waals surface area contributed by atoms with Gasteiger partial charge in [-0.05, 0) is 35.9 Å². The van der Waals surface area contributed by atoms with E-state index in [1.807, 2.05) is 4.90 Å². The Morgan fingerprint density at radius 2 is 1.84 bits per heavy atom. The van der Waals surface area contributed by atoms with Gasteiger partial charge in [-0.15, -0.1) is 12.4 Å². The van der Waals surface area contributed by atoms with E-state index in [1.54, 1.807) is 30.3 Å². The number of carbonyl (C=O) groups excluding carboxylic acids is 1. The summed E-state index contributed by atoms with van der Waals surface area (Å²) >= 11 is 0. The van der Waals surface area contributed by atoms with Crippen LogP contribution in [0, 0.1) is 5.82 Å².